The SMILES string of the molecule is CC(C)(C)OC(=O)N1CCC[C@@H](S(=O)(=O)c2nc3ccccc3nc2Cl)C1. The van der Waals surface area contributed by atoms with Gasteiger partial charge in [0.1, 0.15) is 5.60 Å². The second-order valence-corrected chi connectivity index (χ2v) is 10.0. The number of rotatable bonds is 2. The molecule has 0 bridgehead atoms. The van der Waals surface area contributed by atoms with Crippen LogP contribution in [0.5, 0.6) is 0 Å². The maximum atomic E-state index is 13.1. The van der Waals surface area contributed by atoms with Gasteiger partial charge in [-0.05, 0) is 45.7 Å². The van der Waals surface area contributed by atoms with Crippen LogP contribution in [0.3, 0.4) is 0 Å². The molecule has 7 nitrogen and oxygen atoms in total. The second-order valence-electron chi connectivity index (χ2n) is 7.54. The first-order valence-corrected chi connectivity index (χ1v) is 10.6. The molecule has 1 fully saturated rings. The van der Waals surface area contributed by atoms with Crippen LogP contribution in [-0.4, -0.2) is 53.3 Å². The molecule has 3 rings (SSSR count). The fourth-order valence-electron chi connectivity index (χ4n) is 2.99. The molecule has 1 atom stereocenters. The molecule has 0 unspecified atom stereocenters. The molecule has 0 radical (unpaired) electrons. The number of carbonyl (C=O) groups excluding carboxylic acids is 1. The van der Waals surface area contributed by atoms with E-state index in [2.05, 4.69) is 9.97 Å². The van der Waals surface area contributed by atoms with Gasteiger partial charge in [-0.15, -0.1) is 0 Å². The summed E-state index contributed by atoms with van der Waals surface area (Å²) in [6.07, 6.45) is 0.465. The van der Waals surface area contributed by atoms with Crippen LogP contribution in [0.25, 0.3) is 11.0 Å². The van der Waals surface area contributed by atoms with Gasteiger partial charge in [0.05, 0.1) is 16.3 Å². The van der Waals surface area contributed by atoms with Crippen LogP contribution < -0.4 is 0 Å². The van der Waals surface area contributed by atoms with Crippen molar-refractivity contribution in [3.63, 3.8) is 0 Å². The topological polar surface area (TPSA) is 89.5 Å². The molecule has 2 heterocycles. The van der Waals surface area contributed by atoms with E-state index in [-0.39, 0.29) is 16.7 Å². The van der Waals surface area contributed by atoms with Crippen LogP contribution in [0.15, 0.2) is 29.3 Å². The van der Waals surface area contributed by atoms with Gasteiger partial charge in [-0.25, -0.2) is 23.2 Å². The van der Waals surface area contributed by atoms with Crippen LogP contribution in [0.2, 0.25) is 5.15 Å². The molecule has 2 aromatic rings. The van der Waals surface area contributed by atoms with Crippen LogP contribution in [-0.2, 0) is 14.6 Å². The predicted molar refractivity (Wildman–Crippen MR) is 103 cm³/mol. The van der Waals surface area contributed by atoms with Crippen molar-refractivity contribution in [2.45, 2.75) is 49.5 Å². The molecular weight excluding hydrogens is 390 g/mol. The van der Waals surface area contributed by atoms with Crippen molar-refractivity contribution in [3.05, 3.63) is 29.4 Å². The molecule has 27 heavy (non-hydrogen) atoms. The van der Waals surface area contributed by atoms with Crippen molar-refractivity contribution < 1.29 is 17.9 Å². The third-order valence-corrected chi connectivity index (χ3v) is 6.70. The summed E-state index contributed by atoms with van der Waals surface area (Å²) >= 11 is 6.14. The lowest BCUT2D eigenvalue weighted by Gasteiger charge is -2.33. The Balaban J connectivity index is 1.88. The van der Waals surface area contributed by atoms with E-state index < -0.39 is 26.8 Å². The fourth-order valence-corrected chi connectivity index (χ4v) is 5.12. The zero-order valence-electron chi connectivity index (χ0n) is 15.5. The molecule has 0 aliphatic carbocycles. The van der Waals surface area contributed by atoms with E-state index in [9.17, 15) is 13.2 Å². The Morgan fingerprint density at radius 2 is 1.85 bits per heavy atom. The monoisotopic (exact) mass is 411 g/mol. The minimum absolute atomic E-state index is 0.0437. The predicted octanol–water partition coefficient (Wildman–Crippen LogP) is 3.46. The molecule has 1 aromatic heterocycles. The second kappa shape index (κ2) is 7.24. The molecule has 146 valence electrons. The Morgan fingerprint density at radius 1 is 1.22 bits per heavy atom. The van der Waals surface area contributed by atoms with Crippen LogP contribution >= 0.6 is 11.6 Å². The zero-order chi connectivity index (χ0) is 19.8. The molecule has 1 saturated heterocycles. The van der Waals surface area contributed by atoms with Gasteiger partial charge >= 0.3 is 6.09 Å². The van der Waals surface area contributed by atoms with E-state index in [1.807, 2.05) is 0 Å². The Bertz CT molecular complexity index is 972. The molecule has 1 amide bonds. The lowest BCUT2D eigenvalue weighted by Crippen LogP contribution is -2.47. The highest BCUT2D eigenvalue weighted by Crippen LogP contribution is 2.28. The average molecular weight is 412 g/mol. The third kappa shape index (κ3) is 4.32. The Morgan fingerprint density at radius 3 is 2.48 bits per heavy atom. The summed E-state index contributed by atoms with van der Waals surface area (Å²) in [5.74, 6) is 0. The van der Waals surface area contributed by atoms with Gasteiger partial charge in [-0.1, -0.05) is 23.7 Å². The Labute approximate surface area is 163 Å². The number of sulfone groups is 1. The maximum absolute atomic E-state index is 13.1. The molecule has 1 aliphatic heterocycles. The Hall–Kier alpha value is -1.93. The molecule has 0 spiro atoms. The number of nitrogens with zero attached hydrogens (tertiary/aromatic N) is 3. The van der Waals surface area contributed by atoms with Gasteiger partial charge < -0.3 is 9.64 Å². The summed E-state index contributed by atoms with van der Waals surface area (Å²) in [5.41, 5.74) is 0.344. The van der Waals surface area contributed by atoms with Crippen LogP contribution in [0.4, 0.5) is 4.79 Å². The van der Waals surface area contributed by atoms with Crippen molar-refractivity contribution in [3.8, 4) is 0 Å². The highest BCUT2D eigenvalue weighted by Gasteiger charge is 2.37. The van der Waals surface area contributed by atoms with E-state index in [4.69, 9.17) is 16.3 Å². The number of para-hydroxylation sites is 2. The van der Waals surface area contributed by atoms with Crippen molar-refractivity contribution in [1.29, 1.82) is 0 Å². The zero-order valence-corrected chi connectivity index (χ0v) is 17.0. The summed E-state index contributed by atoms with van der Waals surface area (Å²) in [6.45, 7) is 5.81. The van der Waals surface area contributed by atoms with Gasteiger partial charge in [-0.3, -0.25) is 0 Å². The number of fused-ring (bicyclic) bond motifs is 1. The Kier molecular flexibility index (Phi) is 5.31. The summed E-state index contributed by atoms with van der Waals surface area (Å²) < 4.78 is 31.6. The largest absolute Gasteiger partial charge is 0.444 e. The quantitative estimate of drug-likeness (QED) is 0.751. The number of halogens is 1. The average Bonchev–Trinajstić information content (AvgIpc) is 2.59. The number of hydrogen-bond acceptors (Lipinski definition) is 6. The summed E-state index contributed by atoms with van der Waals surface area (Å²) in [5, 5.41) is -1.19. The van der Waals surface area contributed by atoms with Crippen molar-refractivity contribution in [2.24, 2.45) is 0 Å². The van der Waals surface area contributed by atoms with Crippen LogP contribution in [0.1, 0.15) is 33.6 Å². The lowest BCUT2D eigenvalue weighted by atomic mass is 10.1. The minimum Gasteiger partial charge on any atom is -0.444 e. The van der Waals surface area contributed by atoms with Crippen molar-refractivity contribution in [2.75, 3.05) is 13.1 Å². The first kappa shape index (κ1) is 19.8. The van der Waals surface area contributed by atoms with E-state index >= 15 is 0 Å². The lowest BCUT2D eigenvalue weighted by molar-refractivity contribution is 0.0219. The first-order valence-electron chi connectivity index (χ1n) is 8.72. The van der Waals surface area contributed by atoms with E-state index in [0.717, 1.165) is 0 Å². The molecule has 1 aromatic carbocycles. The highest BCUT2D eigenvalue weighted by atomic mass is 35.5. The van der Waals surface area contributed by atoms with Crippen LogP contribution in [0, 0.1) is 0 Å². The van der Waals surface area contributed by atoms with Gasteiger partial charge in [0.25, 0.3) is 0 Å². The standard InChI is InChI=1S/C18H22ClN3O4S/c1-18(2,3)26-17(23)22-10-6-7-12(11-22)27(24,25)16-15(19)20-13-8-4-5-9-14(13)21-16/h4-5,8-9,12H,6-7,10-11H2,1-3H3/t12-/m1/s1. The first-order chi connectivity index (χ1) is 12.6. The number of amides is 1. The molecule has 9 heteroatoms. The smallest absolute Gasteiger partial charge is 0.410 e. The van der Waals surface area contributed by atoms with E-state index in [1.165, 1.54) is 4.90 Å². The number of hydrogen-bond donors (Lipinski definition) is 0. The van der Waals surface area contributed by atoms with Crippen molar-refractivity contribution >= 4 is 38.6 Å². The number of ether oxygens (including phenoxy) is 1. The normalized spacial score (nSPS) is 18.5. The number of likely N-dealkylation sites (tertiary alicyclic amines) is 1. The number of piperidine rings is 1. The van der Waals surface area contributed by atoms with E-state index in [1.54, 1.807) is 45.0 Å². The molecule has 1 aliphatic rings. The third-order valence-electron chi connectivity index (χ3n) is 4.24. The minimum atomic E-state index is -3.85. The maximum Gasteiger partial charge on any atom is 0.410 e. The summed E-state index contributed by atoms with van der Waals surface area (Å²) in [6, 6.07) is 6.94. The van der Waals surface area contributed by atoms with Gasteiger partial charge in [0, 0.05) is 13.1 Å². The summed E-state index contributed by atoms with van der Waals surface area (Å²) in [7, 11) is -3.85. The van der Waals surface area contributed by atoms with E-state index in [0.29, 0.717) is 30.4 Å². The van der Waals surface area contributed by atoms with Gasteiger partial charge in [0.2, 0.25) is 9.84 Å². The highest BCUT2D eigenvalue weighted by molar-refractivity contribution is 7.92. The molecule has 0 saturated carbocycles. The number of benzene rings is 1. The molecular formula is C18H22ClN3O4S. The van der Waals surface area contributed by atoms with Crippen molar-refractivity contribution in [1.82, 2.24) is 14.9 Å². The van der Waals surface area contributed by atoms with Gasteiger partial charge in [-0.2, -0.15) is 0 Å². The number of aromatic nitrogens is 2. The number of carbonyl (C=O) groups is 1. The fraction of sp³-hybridized carbons (Fsp3) is 0.500. The molecule has 0 N–H and O–H groups in total. The van der Waals surface area contributed by atoms with Gasteiger partial charge in [0.15, 0.2) is 10.2 Å². The summed E-state index contributed by atoms with van der Waals surface area (Å²) in [4.78, 5) is 22.1.